The SMILES string of the molecule is Cc1cc(-c2cc(C)c(OC(=O)c3ccc4c(c3)C(=O)OC4=O)c(C)c2C)c(C)c(C)c1OC(=O)Nc1ccc2c(c1)C(=O)OC2=O. The van der Waals surface area contributed by atoms with E-state index in [0.717, 1.165) is 33.4 Å². The lowest BCUT2D eigenvalue weighted by molar-refractivity contribution is 0.0425. The number of benzene rings is 4. The van der Waals surface area contributed by atoms with Gasteiger partial charge in [-0.2, -0.15) is 0 Å². The first-order chi connectivity index (χ1) is 22.2. The molecule has 1 amide bonds. The Morgan fingerprint density at radius 2 is 1.00 bits per heavy atom. The molecule has 0 fully saturated rings. The summed E-state index contributed by atoms with van der Waals surface area (Å²) in [5.41, 5.74) is 7.07. The van der Waals surface area contributed by atoms with E-state index in [4.69, 9.17) is 9.47 Å². The van der Waals surface area contributed by atoms with Gasteiger partial charge < -0.3 is 18.9 Å². The van der Waals surface area contributed by atoms with Crippen LogP contribution in [-0.4, -0.2) is 35.9 Å². The van der Waals surface area contributed by atoms with Crippen LogP contribution in [0.5, 0.6) is 11.5 Å². The molecular weight excluding hydrogens is 606 g/mol. The second-order valence-electron chi connectivity index (χ2n) is 11.4. The van der Waals surface area contributed by atoms with Crippen LogP contribution in [0.15, 0.2) is 48.5 Å². The third-order valence-corrected chi connectivity index (χ3v) is 8.50. The fraction of sp³-hybridized carbons (Fsp3) is 0.167. The summed E-state index contributed by atoms with van der Waals surface area (Å²) in [6.45, 7) is 11.2. The monoisotopic (exact) mass is 633 g/mol. The first-order valence-electron chi connectivity index (χ1n) is 14.5. The number of ether oxygens (including phenoxy) is 4. The van der Waals surface area contributed by atoms with E-state index in [-0.39, 0.29) is 33.5 Å². The molecule has 47 heavy (non-hydrogen) atoms. The summed E-state index contributed by atoms with van der Waals surface area (Å²) < 4.78 is 20.7. The van der Waals surface area contributed by atoms with Gasteiger partial charge in [-0.1, -0.05) is 0 Å². The molecule has 2 aliphatic rings. The number of esters is 5. The topological polar surface area (TPSA) is 151 Å². The maximum atomic E-state index is 13.1. The minimum atomic E-state index is -0.809. The van der Waals surface area contributed by atoms with E-state index >= 15 is 0 Å². The molecule has 11 nitrogen and oxygen atoms in total. The van der Waals surface area contributed by atoms with Crippen LogP contribution in [0, 0.1) is 41.5 Å². The molecule has 0 aliphatic carbocycles. The smallest absolute Gasteiger partial charge is 0.417 e. The van der Waals surface area contributed by atoms with Gasteiger partial charge in [-0.3, -0.25) is 5.32 Å². The van der Waals surface area contributed by atoms with E-state index in [1.165, 1.54) is 36.4 Å². The Kier molecular flexibility index (Phi) is 7.47. The Hall–Kier alpha value is -6.10. The van der Waals surface area contributed by atoms with Crippen molar-refractivity contribution in [1.82, 2.24) is 0 Å². The van der Waals surface area contributed by atoms with Gasteiger partial charge in [-0.25, -0.2) is 28.8 Å². The minimum Gasteiger partial charge on any atom is -0.422 e. The fourth-order valence-corrected chi connectivity index (χ4v) is 5.75. The fourth-order valence-electron chi connectivity index (χ4n) is 5.75. The van der Waals surface area contributed by atoms with Crippen molar-refractivity contribution in [3.63, 3.8) is 0 Å². The predicted octanol–water partition coefficient (Wildman–Crippen LogP) is 6.66. The standard InChI is InChI=1S/C36H27NO10/c1-15-11-25(17(3)19(5)29(15)44-31(38)21-7-9-23-27(13-21)34(41)46-32(23)39)26-12-16(2)30(20(6)18(26)4)45-36(43)37-22-8-10-24-28(14-22)35(42)47-33(24)40/h7-14H,1-6H3,(H,37,43). The van der Waals surface area contributed by atoms with E-state index in [2.05, 4.69) is 14.8 Å². The average molecular weight is 634 g/mol. The molecule has 1 N–H and O–H groups in total. The van der Waals surface area contributed by atoms with Gasteiger partial charge in [0.15, 0.2) is 0 Å². The summed E-state index contributed by atoms with van der Waals surface area (Å²) in [7, 11) is 0. The van der Waals surface area contributed by atoms with E-state index in [1.807, 2.05) is 53.7 Å². The lowest BCUT2D eigenvalue weighted by atomic mass is 9.88. The highest BCUT2D eigenvalue weighted by molar-refractivity contribution is 6.16. The van der Waals surface area contributed by atoms with Crippen molar-refractivity contribution in [1.29, 1.82) is 0 Å². The van der Waals surface area contributed by atoms with Crippen LogP contribution < -0.4 is 14.8 Å². The maximum absolute atomic E-state index is 13.1. The number of nitrogens with one attached hydrogen (secondary N) is 1. The van der Waals surface area contributed by atoms with E-state index < -0.39 is 35.9 Å². The second-order valence-corrected chi connectivity index (χ2v) is 11.4. The Bertz CT molecular complexity index is 2140. The molecule has 0 spiro atoms. The highest BCUT2D eigenvalue weighted by Crippen LogP contribution is 2.40. The van der Waals surface area contributed by atoms with Crippen LogP contribution in [0.4, 0.5) is 10.5 Å². The highest BCUT2D eigenvalue weighted by atomic mass is 16.6. The summed E-state index contributed by atoms with van der Waals surface area (Å²) >= 11 is 0. The van der Waals surface area contributed by atoms with Gasteiger partial charge in [-0.15, -0.1) is 0 Å². The molecule has 4 aromatic carbocycles. The molecule has 11 heteroatoms. The van der Waals surface area contributed by atoms with Crippen molar-refractivity contribution < 1.29 is 47.7 Å². The number of aryl methyl sites for hydroxylation is 2. The zero-order chi connectivity index (χ0) is 33.9. The lowest BCUT2D eigenvalue weighted by Gasteiger charge is -2.21. The van der Waals surface area contributed by atoms with Crippen LogP contribution in [0.1, 0.15) is 85.2 Å². The molecule has 0 radical (unpaired) electrons. The first kappa shape index (κ1) is 30.9. The van der Waals surface area contributed by atoms with Gasteiger partial charge in [0.25, 0.3) is 0 Å². The number of cyclic esters (lactones) is 4. The normalized spacial score (nSPS) is 13.1. The Morgan fingerprint density at radius 1 is 0.532 bits per heavy atom. The Morgan fingerprint density at radius 3 is 1.55 bits per heavy atom. The third kappa shape index (κ3) is 5.31. The molecule has 6 rings (SSSR count). The molecule has 2 aliphatic heterocycles. The second kappa shape index (κ2) is 11.4. The quantitative estimate of drug-likeness (QED) is 0.144. The highest BCUT2D eigenvalue weighted by Gasteiger charge is 2.32. The van der Waals surface area contributed by atoms with Gasteiger partial charge in [-0.05, 0) is 135 Å². The van der Waals surface area contributed by atoms with Crippen LogP contribution >= 0.6 is 0 Å². The van der Waals surface area contributed by atoms with Gasteiger partial charge in [0.1, 0.15) is 11.5 Å². The van der Waals surface area contributed by atoms with Crippen LogP contribution in [0.3, 0.4) is 0 Å². The van der Waals surface area contributed by atoms with Crippen molar-refractivity contribution in [2.45, 2.75) is 41.5 Å². The van der Waals surface area contributed by atoms with Gasteiger partial charge >= 0.3 is 35.9 Å². The molecule has 0 unspecified atom stereocenters. The predicted molar refractivity (Wildman–Crippen MR) is 167 cm³/mol. The van der Waals surface area contributed by atoms with Crippen molar-refractivity contribution in [3.8, 4) is 22.6 Å². The summed E-state index contributed by atoms with van der Waals surface area (Å²) in [5, 5.41) is 2.59. The lowest BCUT2D eigenvalue weighted by Crippen LogP contribution is -2.18. The number of hydrogen-bond donors (Lipinski definition) is 1. The molecule has 0 bridgehead atoms. The largest absolute Gasteiger partial charge is 0.422 e. The summed E-state index contributed by atoms with van der Waals surface area (Å²) in [6.07, 6.45) is -0.776. The Balaban J connectivity index is 1.24. The van der Waals surface area contributed by atoms with Crippen molar-refractivity contribution in [2.24, 2.45) is 0 Å². The number of hydrogen-bond acceptors (Lipinski definition) is 10. The maximum Gasteiger partial charge on any atom is 0.417 e. The number of rotatable bonds is 5. The first-order valence-corrected chi connectivity index (χ1v) is 14.5. The molecule has 0 saturated heterocycles. The van der Waals surface area contributed by atoms with Crippen molar-refractivity contribution >= 4 is 41.6 Å². The third-order valence-electron chi connectivity index (χ3n) is 8.50. The summed E-state index contributed by atoms with van der Waals surface area (Å²) in [6, 6.07) is 12.1. The zero-order valence-corrected chi connectivity index (χ0v) is 26.2. The zero-order valence-electron chi connectivity index (χ0n) is 26.2. The molecule has 0 saturated carbocycles. The van der Waals surface area contributed by atoms with Crippen LogP contribution in [0.2, 0.25) is 0 Å². The summed E-state index contributed by atoms with van der Waals surface area (Å²) in [4.78, 5) is 73.3. The number of carbonyl (C=O) groups excluding carboxylic acids is 6. The molecule has 236 valence electrons. The van der Waals surface area contributed by atoms with Gasteiger partial charge in [0, 0.05) is 5.69 Å². The number of carbonyl (C=O) groups is 6. The molecule has 4 aromatic rings. The van der Waals surface area contributed by atoms with E-state index in [9.17, 15) is 28.8 Å². The van der Waals surface area contributed by atoms with E-state index in [1.54, 1.807) is 0 Å². The van der Waals surface area contributed by atoms with Crippen molar-refractivity contribution in [2.75, 3.05) is 5.32 Å². The number of fused-ring (bicyclic) bond motifs is 2. The molecule has 2 heterocycles. The van der Waals surface area contributed by atoms with Gasteiger partial charge in [0.2, 0.25) is 0 Å². The van der Waals surface area contributed by atoms with Crippen LogP contribution in [0.25, 0.3) is 11.1 Å². The average Bonchev–Trinajstić information content (AvgIpc) is 3.48. The van der Waals surface area contributed by atoms with Crippen molar-refractivity contribution in [3.05, 3.63) is 110 Å². The van der Waals surface area contributed by atoms with Gasteiger partial charge in [0.05, 0.1) is 27.8 Å². The number of anilines is 1. The molecule has 0 atom stereocenters. The van der Waals surface area contributed by atoms with Crippen LogP contribution in [-0.2, 0) is 9.47 Å². The molecular formula is C36H27NO10. The number of amides is 1. The minimum absolute atomic E-state index is 0.0167. The summed E-state index contributed by atoms with van der Waals surface area (Å²) in [5.74, 6) is -3.02. The Labute approximate surface area is 268 Å². The van der Waals surface area contributed by atoms with E-state index in [0.29, 0.717) is 22.6 Å². The molecule has 0 aromatic heterocycles.